The van der Waals surface area contributed by atoms with Crippen LogP contribution in [0.2, 0.25) is 0 Å². The largest absolute Gasteiger partial charge is 0.497 e. The maximum absolute atomic E-state index is 13.6. The predicted molar refractivity (Wildman–Crippen MR) is 125 cm³/mol. The summed E-state index contributed by atoms with van der Waals surface area (Å²) >= 11 is 0. The fraction of sp³-hybridized carbons (Fsp3) is 0.542. The molecule has 2 fully saturated rings. The van der Waals surface area contributed by atoms with Crippen molar-refractivity contribution in [1.29, 1.82) is 0 Å². The molecule has 1 atom stereocenters. The lowest BCUT2D eigenvalue weighted by molar-refractivity contribution is -0.0397. The maximum Gasteiger partial charge on any atom is 0.356 e. The summed E-state index contributed by atoms with van der Waals surface area (Å²) in [6.07, 6.45) is 4.10. The van der Waals surface area contributed by atoms with E-state index in [2.05, 4.69) is 5.10 Å². The normalized spacial score (nSPS) is 18.2. The highest BCUT2D eigenvalue weighted by molar-refractivity contribution is 5.87. The van der Waals surface area contributed by atoms with Crippen LogP contribution >= 0.6 is 0 Å². The van der Waals surface area contributed by atoms with Crippen LogP contribution in [0.1, 0.15) is 47.1 Å². The first-order valence-corrected chi connectivity index (χ1v) is 11.8. The number of carboxylic acids is 1. The number of rotatable bonds is 8. The Morgan fingerprint density at radius 1 is 1.11 bits per heavy atom. The topological polar surface area (TPSA) is 116 Å². The van der Waals surface area contributed by atoms with Gasteiger partial charge < -0.3 is 33.9 Å². The number of morpholine rings is 1. The van der Waals surface area contributed by atoms with Crippen molar-refractivity contribution in [1.82, 2.24) is 19.6 Å². The number of urea groups is 1. The molecular formula is C24H32N4O7. The molecular weight excluding hydrogens is 456 g/mol. The van der Waals surface area contributed by atoms with Gasteiger partial charge in [0.2, 0.25) is 0 Å². The lowest BCUT2D eigenvalue weighted by atomic mass is 10.1. The summed E-state index contributed by atoms with van der Waals surface area (Å²) < 4.78 is 23.6. The van der Waals surface area contributed by atoms with Gasteiger partial charge in [0.25, 0.3) is 0 Å². The molecule has 11 nitrogen and oxygen atoms in total. The molecule has 2 aliphatic rings. The van der Waals surface area contributed by atoms with E-state index in [1.54, 1.807) is 47.0 Å². The minimum Gasteiger partial charge on any atom is -0.497 e. The van der Waals surface area contributed by atoms with Crippen molar-refractivity contribution < 1.29 is 33.6 Å². The van der Waals surface area contributed by atoms with Gasteiger partial charge in [0.05, 0.1) is 40.5 Å². The van der Waals surface area contributed by atoms with Gasteiger partial charge in [-0.05, 0) is 31.4 Å². The van der Waals surface area contributed by atoms with Crippen molar-refractivity contribution in [3.05, 3.63) is 41.2 Å². The zero-order valence-electron chi connectivity index (χ0n) is 20.1. The second-order valence-corrected chi connectivity index (χ2v) is 8.53. The van der Waals surface area contributed by atoms with Crippen LogP contribution < -0.4 is 9.47 Å². The molecule has 2 aromatic rings. The molecule has 11 heteroatoms. The molecule has 0 bridgehead atoms. The third kappa shape index (κ3) is 5.85. The van der Waals surface area contributed by atoms with Crippen LogP contribution in [-0.2, 0) is 22.6 Å². The van der Waals surface area contributed by atoms with Crippen molar-refractivity contribution in [2.24, 2.45) is 0 Å². The lowest BCUT2D eigenvalue weighted by Crippen LogP contribution is -2.47. The van der Waals surface area contributed by atoms with Gasteiger partial charge in [0.15, 0.2) is 5.69 Å². The van der Waals surface area contributed by atoms with E-state index in [-0.39, 0.29) is 31.0 Å². The first-order valence-electron chi connectivity index (χ1n) is 11.8. The second kappa shape index (κ2) is 11.4. The fourth-order valence-corrected chi connectivity index (χ4v) is 4.34. The number of nitrogens with zero attached hydrogens (tertiary/aromatic N) is 4. The van der Waals surface area contributed by atoms with Gasteiger partial charge >= 0.3 is 12.0 Å². The van der Waals surface area contributed by atoms with Crippen LogP contribution in [0.5, 0.6) is 11.5 Å². The number of methoxy groups -OCH3 is 2. The number of hydrogen-bond acceptors (Lipinski definition) is 7. The van der Waals surface area contributed by atoms with E-state index in [1.807, 2.05) is 6.07 Å². The number of aromatic carboxylic acids is 1. The molecule has 0 radical (unpaired) electrons. The molecule has 0 spiro atoms. The molecule has 1 unspecified atom stereocenters. The Labute approximate surface area is 204 Å². The molecule has 0 aliphatic carbocycles. The predicted octanol–water partition coefficient (Wildman–Crippen LogP) is 2.75. The van der Waals surface area contributed by atoms with E-state index >= 15 is 0 Å². The number of benzene rings is 1. The molecule has 4 rings (SSSR count). The SMILES string of the molecule is COc1ccc(CN(Cc2cn(C3CCCCO3)nc2C(=O)O)C(=O)N2CCOCC2)c(OC)c1. The molecule has 2 aliphatic heterocycles. The highest BCUT2D eigenvalue weighted by atomic mass is 16.5. The van der Waals surface area contributed by atoms with Gasteiger partial charge in [-0.25, -0.2) is 14.3 Å². The minimum absolute atomic E-state index is 0.0692. The molecule has 3 heterocycles. The third-order valence-electron chi connectivity index (χ3n) is 6.23. The van der Waals surface area contributed by atoms with E-state index in [0.717, 1.165) is 24.8 Å². The van der Waals surface area contributed by atoms with E-state index in [0.29, 0.717) is 50.0 Å². The van der Waals surface area contributed by atoms with Gasteiger partial charge in [-0.15, -0.1) is 0 Å². The van der Waals surface area contributed by atoms with Crippen LogP contribution in [0, 0.1) is 0 Å². The molecule has 0 saturated carbocycles. The summed E-state index contributed by atoms with van der Waals surface area (Å²) in [5, 5.41) is 14.1. The molecule has 35 heavy (non-hydrogen) atoms. The van der Waals surface area contributed by atoms with E-state index in [4.69, 9.17) is 18.9 Å². The van der Waals surface area contributed by atoms with Gasteiger partial charge in [-0.3, -0.25) is 0 Å². The molecule has 2 saturated heterocycles. The number of aromatic nitrogens is 2. The smallest absolute Gasteiger partial charge is 0.356 e. The van der Waals surface area contributed by atoms with E-state index in [9.17, 15) is 14.7 Å². The Hall–Kier alpha value is -3.31. The number of carbonyl (C=O) groups is 2. The maximum atomic E-state index is 13.6. The summed E-state index contributed by atoms with van der Waals surface area (Å²) in [4.78, 5) is 28.9. The van der Waals surface area contributed by atoms with Crippen LogP contribution in [0.3, 0.4) is 0 Å². The van der Waals surface area contributed by atoms with Crippen LogP contribution in [0.4, 0.5) is 4.79 Å². The third-order valence-corrected chi connectivity index (χ3v) is 6.23. The second-order valence-electron chi connectivity index (χ2n) is 8.53. The number of ether oxygens (including phenoxy) is 4. The van der Waals surface area contributed by atoms with Crippen LogP contribution in [0.25, 0.3) is 0 Å². The molecule has 1 aromatic carbocycles. The summed E-state index contributed by atoms with van der Waals surface area (Å²) in [5.74, 6) is 0.0721. The zero-order chi connectivity index (χ0) is 24.8. The number of carboxylic acid groups (broad SMARTS) is 1. The Kier molecular flexibility index (Phi) is 8.09. The van der Waals surface area contributed by atoms with Crippen molar-refractivity contribution in [2.75, 3.05) is 47.1 Å². The van der Waals surface area contributed by atoms with Gasteiger partial charge in [-0.2, -0.15) is 5.10 Å². The number of amides is 2. The molecule has 1 aromatic heterocycles. The van der Waals surface area contributed by atoms with Gasteiger partial charge in [0, 0.05) is 43.1 Å². The monoisotopic (exact) mass is 488 g/mol. The van der Waals surface area contributed by atoms with Crippen LogP contribution in [-0.4, -0.2) is 83.8 Å². The summed E-state index contributed by atoms with van der Waals surface area (Å²) in [6, 6.07) is 5.20. The molecule has 1 N–H and O–H groups in total. The van der Waals surface area contributed by atoms with Gasteiger partial charge in [0.1, 0.15) is 17.7 Å². The summed E-state index contributed by atoms with van der Waals surface area (Å²) in [5.41, 5.74) is 1.14. The summed E-state index contributed by atoms with van der Waals surface area (Å²) in [7, 11) is 3.13. The van der Waals surface area contributed by atoms with Crippen molar-refractivity contribution in [3.63, 3.8) is 0 Å². The van der Waals surface area contributed by atoms with Crippen molar-refractivity contribution >= 4 is 12.0 Å². The highest BCUT2D eigenvalue weighted by Gasteiger charge is 2.28. The Balaban J connectivity index is 1.64. The molecule has 2 amide bonds. The highest BCUT2D eigenvalue weighted by Crippen LogP contribution is 2.28. The van der Waals surface area contributed by atoms with E-state index < -0.39 is 5.97 Å². The standard InChI is InChI=1S/C24H32N4O7/c1-32-19-7-6-17(20(13-19)33-2)14-27(24(31)26-8-11-34-12-9-26)15-18-16-28(25-22(18)23(29)30)21-5-3-4-10-35-21/h6-7,13,16,21H,3-5,8-12,14-15H2,1-2H3,(H,29,30). The fourth-order valence-electron chi connectivity index (χ4n) is 4.34. The minimum atomic E-state index is -1.14. The van der Waals surface area contributed by atoms with Crippen LogP contribution in [0.15, 0.2) is 24.4 Å². The Morgan fingerprint density at radius 2 is 1.89 bits per heavy atom. The zero-order valence-corrected chi connectivity index (χ0v) is 20.1. The number of carbonyl (C=O) groups excluding carboxylic acids is 1. The van der Waals surface area contributed by atoms with Crippen molar-refractivity contribution in [3.8, 4) is 11.5 Å². The first-order chi connectivity index (χ1) is 17.0. The first kappa shape index (κ1) is 24.8. The quantitative estimate of drug-likeness (QED) is 0.603. The lowest BCUT2D eigenvalue weighted by Gasteiger charge is -2.33. The average Bonchev–Trinajstić information content (AvgIpc) is 3.33. The van der Waals surface area contributed by atoms with Crippen molar-refractivity contribution in [2.45, 2.75) is 38.6 Å². The Morgan fingerprint density at radius 3 is 2.54 bits per heavy atom. The number of hydrogen-bond donors (Lipinski definition) is 1. The van der Waals surface area contributed by atoms with Gasteiger partial charge in [-0.1, -0.05) is 0 Å². The Bertz CT molecular complexity index is 1030. The molecule has 190 valence electrons. The summed E-state index contributed by atoms with van der Waals surface area (Å²) in [6.45, 7) is 2.76. The average molecular weight is 489 g/mol. The van der Waals surface area contributed by atoms with E-state index in [1.165, 1.54) is 0 Å².